The van der Waals surface area contributed by atoms with Crippen LogP contribution in [0.4, 0.5) is 11.5 Å². The summed E-state index contributed by atoms with van der Waals surface area (Å²) in [5, 5.41) is 11.5. The van der Waals surface area contributed by atoms with E-state index in [4.69, 9.17) is 26.2 Å². The van der Waals surface area contributed by atoms with E-state index in [1.54, 1.807) is 23.8 Å². The monoisotopic (exact) mass is 747 g/mol. The predicted molar refractivity (Wildman–Crippen MR) is 167 cm³/mol. The Hall–Kier alpha value is -2.20. The summed E-state index contributed by atoms with van der Waals surface area (Å²) in [6, 6.07) is 1.56. The van der Waals surface area contributed by atoms with Crippen molar-refractivity contribution in [3.63, 3.8) is 0 Å². The molecule has 3 heterocycles. The Balaban J connectivity index is 1.72. The third-order valence-corrected chi connectivity index (χ3v) is 9.29. The minimum absolute atomic E-state index is 0.144. The molecule has 1 aliphatic rings. The molecule has 0 aliphatic carbocycles. The number of hydrogen-bond donors (Lipinski definition) is 2. The van der Waals surface area contributed by atoms with Gasteiger partial charge in [-0.15, -0.1) is 0 Å². The van der Waals surface area contributed by atoms with Crippen LogP contribution in [0.2, 0.25) is 5.02 Å². The summed E-state index contributed by atoms with van der Waals surface area (Å²) in [5.41, 5.74) is 2.45. The van der Waals surface area contributed by atoms with Crippen molar-refractivity contribution in [2.24, 2.45) is 0 Å². The number of halogens is 3. The van der Waals surface area contributed by atoms with E-state index in [0.29, 0.717) is 68.5 Å². The maximum absolute atomic E-state index is 13.8. The smallest absolute Gasteiger partial charge is 0.262 e. The lowest BCUT2D eigenvalue weighted by atomic mass is 10.1. The molecule has 1 fully saturated rings. The summed E-state index contributed by atoms with van der Waals surface area (Å²) < 4.78 is 15.5. The van der Waals surface area contributed by atoms with Gasteiger partial charge in [-0.3, -0.25) is 9.59 Å². The summed E-state index contributed by atoms with van der Waals surface area (Å²) in [6.45, 7) is 9.97. The van der Waals surface area contributed by atoms with Crippen molar-refractivity contribution in [1.82, 2.24) is 24.2 Å². The largest absolute Gasteiger partial charge is 0.383 e. The van der Waals surface area contributed by atoms with Crippen LogP contribution in [0.25, 0.3) is 11.0 Å². The number of aromatic nitrogens is 4. The van der Waals surface area contributed by atoms with Crippen molar-refractivity contribution in [3.8, 4) is 0 Å². The Morgan fingerprint density at radius 2 is 2.10 bits per heavy atom. The number of anilines is 2. The number of methoxy groups -OCH3 is 2. The molecule has 0 radical (unpaired) electrons. The summed E-state index contributed by atoms with van der Waals surface area (Å²) >= 11 is 12.3. The van der Waals surface area contributed by atoms with Gasteiger partial charge in [0.25, 0.3) is 5.91 Å². The number of amides is 2. The highest BCUT2D eigenvalue weighted by Gasteiger charge is 2.38. The third kappa shape index (κ3) is 5.89. The highest BCUT2D eigenvalue weighted by Crippen LogP contribution is 2.37. The lowest BCUT2D eigenvalue weighted by Crippen LogP contribution is -2.37. The predicted octanol–water partition coefficient (Wildman–Crippen LogP) is 4.87. The number of ether oxygens (including phenoxy) is 2. The first-order chi connectivity index (χ1) is 19.2. The van der Waals surface area contributed by atoms with Crippen molar-refractivity contribution >= 4 is 84.5 Å². The number of likely N-dealkylation sites (tertiary alicyclic amines) is 1. The van der Waals surface area contributed by atoms with Crippen molar-refractivity contribution < 1.29 is 19.1 Å². The third-order valence-electron chi connectivity index (χ3n) is 6.93. The number of aryl methyl sites for hydroxylation is 2. The fraction of sp³-hybridized carbons (Fsp3) is 0.462. The van der Waals surface area contributed by atoms with Gasteiger partial charge in [-0.2, -0.15) is 5.10 Å². The van der Waals surface area contributed by atoms with Gasteiger partial charge in [-0.05, 0) is 70.9 Å². The second-order valence-corrected chi connectivity index (χ2v) is 11.6. The Morgan fingerprint density at radius 3 is 2.75 bits per heavy atom. The number of carbonyl (C=O) groups is 2. The molecule has 0 unspecified atom stereocenters. The fourth-order valence-electron chi connectivity index (χ4n) is 5.11. The Kier molecular flexibility index (Phi) is 10.1. The number of rotatable bonds is 11. The van der Waals surface area contributed by atoms with Crippen LogP contribution in [0.15, 0.2) is 23.3 Å². The first kappa shape index (κ1) is 30.8. The molecule has 2 aromatic heterocycles. The summed E-state index contributed by atoms with van der Waals surface area (Å²) in [7, 11) is 3.21. The lowest BCUT2D eigenvalue weighted by molar-refractivity contribution is -0.127. The van der Waals surface area contributed by atoms with E-state index >= 15 is 0 Å². The Morgan fingerprint density at radius 1 is 1.35 bits per heavy atom. The second kappa shape index (κ2) is 13.2. The van der Waals surface area contributed by atoms with Crippen LogP contribution < -0.4 is 10.6 Å². The SMILES string of the molecule is C=CC(=O)N1C[C@@H](n2nc(Br)c(C(=O)Nc3cc4c(nc(C)n4CC)c(Cl)c3I)c2NCCOC)C[C@@H]1COC. The first-order valence-corrected chi connectivity index (χ1v) is 15.0. The molecule has 0 spiro atoms. The van der Waals surface area contributed by atoms with E-state index in [2.05, 4.69) is 60.7 Å². The van der Waals surface area contributed by atoms with Gasteiger partial charge in [-0.1, -0.05) is 18.2 Å². The number of fused-ring (bicyclic) bond motifs is 1. The van der Waals surface area contributed by atoms with Crippen molar-refractivity contribution in [3.05, 3.63) is 43.3 Å². The van der Waals surface area contributed by atoms with Gasteiger partial charge in [0.2, 0.25) is 5.91 Å². The Bertz CT molecular complexity index is 1440. The normalized spacial score (nSPS) is 17.0. The molecule has 1 saturated heterocycles. The molecule has 2 N–H and O–H groups in total. The quantitative estimate of drug-likeness (QED) is 0.164. The van der Waals surface area contributed by atoms with Crippen LogP contribution in [-0.2, 0) is 20.8 Å². The summed E-state index contributed by atoms with van der Waals surface area (Å²) in [4.78, 5) is 32.7. The first-order valence-electron chi connectivity index (χ1n) is 12.8. The van der Waals surface area contributed by atoms with Gasteiger partial charge in [0, 0.05) is 33.9 Å². The average Bonchev–Trinajstić information content (AvgIpc) is 3.59. The number of carbonyl (C=O) groups excluding carboxylic acids is 2. The number of imidazole rings is 1. The van der Waals surface area contributed by atoms with Crippen molar-refractivity contribution in [2.75, 3.05) is 51.2 Å². The molecule has 1 aliphatic heterocycles. The van der Waals surface area contributed by atoms with E-state index < -0.39 is 0 Å². The number of hydrogen-bond acceptors (Lipinski definition) is 7. The molecular weight excluding hydrogens is 717 g/mol. The van der Waals surface area contributed by atoms with Crippen molar-refractivity contribution in [2.45, 2.75) is 38.9 Å². The number of nitrogens with zero attached hydrogens (tertiary/aromatic N) is 5. The highest BCUT2D eigenvalue weighted by atomic mass is 127. The maximum Gasteiger partial charge on any atom is 0.262 e. The van der Waals surface area contributed by atoms with Gasteiger partial charge < -0.3 is 29.6 Å². The Labute approximate surface area is 259 Å². The molecule has 40 heavy (non-hydrogen) atoms. The average molecular weight is 749 g/mol. The zero-order valence-electron chi connectivity index (χ0n) is 22.8. The lowest BCUT2D eigenvalue weighted by Gasteiger charge is -2.22. The van der Waals surface area contributed by atoms with Crippen LogP contribution in [0.5, 0.6) is 0 Å². The molecule has 0 bridgehead atoms. The zero-order valence-corrected chi connectivity index (χ0v) is 27.3. The molecule has 4 rings (SSSR count). The molecule has 3 aromatic rings. The van der Waals surface area contributed by atoms with Gasteiger partial charge in [-0.25, -0.2) is 9.67 Å². The molecule has 14 heteroatoms. The second-order valence-electron chi connectivity index (χ2n) is 9.35. The fourth-order valence-corrected chi connectivity index (χ4v) is 6.43. The molecule has 1 aromatic carbocycles. The van der Waals surface area contributed by atoms with Crippen LogP contribution >= 0.6 is 50.1 Å². The summed E-state index contributed by atoms with van der Waals surface area (Å²) in [5.74, 6) is 0.828. The maximum atomic E-state index is 13.8. The molecule has 216 valence electrons. The summed E-state index contributed by atoms with van der Waals surface area (Å²) in [6.07, 6.45) is 1.91. The minimum Gasteiger partial charge on any atom is -0.383 e. The minimum atomic E-state index is -0.365. The van der Waals surface area contributed by atoms with Crippen molar-refractivity contribution in [1.29, 1.82) is 0 Å². The van der Waals surface area contributed by atoms with Gasteiger partial charge in [0.15, 0.2) is 0 Å². The van der Waals surface area contributed by atoms with E-state index in [1.165, 1.54) is 6.08 Å². The molecular formula is C26H32BrClIN7O4. The standard InChI is InChI=1S/C26H32BrClIN7O4/c1-6-19(37)35-12-15(10-16(35)13-40-5)36-25(30-8-9-39-4)20(24(27)33-36)26(38)32-17-11-18-23(21(28)22(17)29)31-14(3)34(18)7-2/h6,11,15-16,30H,1,7-10,12-13H2,2-5H3,(H,32,38)/t15-,16+/m0/s1. The molecule has 11 nitrogen and oxygen atoms in total. The van der Waals surface area contributed by atoms with E-state index in [1.807, 2.05) is 24.5 Å². The van der Waals surface area contributed by atoms with Crippen LogP contribution in [0.1, 0.15) is 35.6 Å². The topological polar surface area (TPSA) is 116 Å². The highest BCUT2D eigenvalue weighted by molar-refractivity contribution is 14.1. The van der Waals surface area contributed by atoms with Gasteiger partial charge >= 0.3 is 0 Å². The van der Waals surface area contributed by atoms with E-state index in [-0.39, 0.29) is 23.9 Å². The van der Waals surface area contributed by atoms with Crippen LogP contribution in [0.3, 0.4) is 0 Å². The molecule has 2 atom stereocenters. The van der Waals surface area contributed by atoms with Gasteiger partial charge in [0.1, 0.15) is 27.3 Å². The molecule has 2 amide bonds. The number of benzene rings is 1. The van der Waals surface area contributed by atoms with Crippen LogP contribution in [-0.4, -0.2) is 82.6 Å². The van der Waals surface area contributed by atoms with Crippen LogP contribution in [0, 0.1) is 10.5 Å². The molecule has 0 saturated carbocycles. The number of nitrogens with one attached hydrogen (secondary N) is 2. The van der Waals surface area contributed by atoms with E-state index in [0.717, 1.165) is 17.9 Å². The van der Waals surface area contributed by atoms with E-state index in [9.17, 15) is 9.59 Å². The zero-order chi connectivity index (χ0) is 29.1. The van der Waals surface area contributed by atoms with Gasteiger partial charge in [0.05, 0.1) is 45.1 Å².